The molecule has 0 radical (unpaired) electrons. The zero-order valence-corrected chi connectivity index (χ0v) is 13.6. The van der Waals surface area contributed by atoms with Gasteiger partial charge in [0.1, 0.15) is 0 Å². The van der Waals surface area contributed by atoms with Gasteiger partial charge in [-0.3, -0.25) is 9.59 Å². The third-order valence-electron chi connectivity index (χ3n) is 4.86. The van der Waals surface area contributed by atoms with Crippen LogP contribution < -0.4 is 10.2 Å². The van der Waals surface area contributed by atoms with Crippen LogP contribution in [0.3, 0.4) is 0 Å². The van der Waals surface area contributed by atoms with Gasteiger partial charge in [0.05, 0.1) is 12.0 Å². The van der Waals surface area contributed by atoms with Crippen LogP contribution in [0.2, 0.25) is 0 Å². The van der Waals surface area contributed by atoms with E-state index in [2.05, 4.69) is 5.32 Å². The average molecular weight is 331 g/mol. The van der Waals surface area contributed by atoms with Crippen molar-refractivity contribution >= 4 is 23.6 Å². The van der Waals surface area contributed by atoms with Crippen molar-refractivity contribution in [1.29, 1.82) is 0 Å². The van der Waals surface area contributed by atoms with Crippen LogP contribution >= 0.6 is 0 Å². The lowest BCUT2D eigenvalue weighted by atomic mass is 9.90. The van der Waals surface area contributed by atoms with E-state index in [1.165, 1.54) is 4.90 Å². The molecule has 128 valence electrons. The van der Waals surface area contributed by atoms with E-state index in [9.17, 15) is 19.5 Å². The van der Waals surface area contributed by atoms with Crippen LogP contribution in [0.25, 0.3) is 0 Å². The number of hydrogen-bond donors (Lipinski definition) is 2. The Balaban J connectivity index is 1.54. The number of carboxylic acid groups (broad SMARTS) is 1. The molecule has 0 aliphatic carbocycles. The van der Waals surface area contributed by atoms with E-state index in [4.69, 9.17) is 0 Å². The van der Waals surface area contributed by atoms with Crippen molar-refractivity contribution in [1.82, 2.24) is 10.2 Å². The highest BCUT2D eigenvalue weighted by atomic mass is 16.4. The molecule has 3 rings (SSSR count). The molecule has 2 aliphatic rings. The number of likely N-dealkylation sites (tertiary alicyclic amines) is 1. The molecule has 0 bridgehead atoms. The van der Waals surface area contributed by atoms with Crippen LogP contribution in [0.15, 0.2) is 24.3 Å². The van der Waals surface area contributed by atoms with Gasteiger partial charge in [0.15, 0.2) is 0 Å². The third kappa shape index (κ3) is 2.93. The molecule has 0 spiro atoms. The van der Waals surface area contributed by atoms with Crippen LogP contribution in [0.5, 0.6) is 0 Å². The van der Waals surface area contributed by atoms with E-state index in [1.807, 2.05) is 24.3 Å². The summed E-state index contributed by atoms with van der Waals surface area (Å²) in [5.74, 6) is -1.06. The highest BCUT2D eigenvalue weighted by molar-refractivity contribution is 5.98. The van der Waals surface area contributed by atoms with E-state index in [0.29, 0.717) is 19.5 Å². The van der Waals surface area contributed by atoms with Crippen LogP contribution in [0.1, 0.15) is 18.9 Å². The summed E-state index contributed by atoms with van der Waals surface area (Å²) in [4.78, 5) is 38.9. The normalized spacial score (nSPS) is 22.4. The predicted octanol–water partition coefficient (Wildman–Crippen LogP) is 1.08. The summed E-state index contributed by atoms with van der Waals surface area (Å²) < 4.78 is 0. The topological polar surface area (TPSA) is 90.0 Å². The first-order valence-corrected chi connectivity index (χ1v) is 8.05. The fourth-order valence-corrected chi connectivity index (χ4v) is 3.26. The minimum absolute atomic E-state index is 0.0898. The summed E-state index contributed by atoms with van der Waals surface area (Å²) in [6.07, 6.45) is 1.24. The summed E-state index contributed by atoms with van der Waals surface area (Å²) in [7, 11) is 0. The number of carboxylic acids is 1. The monoisotopic (exact) mass is 331 g/mol. The molecule has 1 aromatic rings. The van der Waals surface area contributed by atoms with Crippen molar-refractivity contribution < 1.29 is 19.5 Å². The van der Waals surface area contributed by atoms with Crippen LogP contribution in [-0.2, 0) is 16.0 Å². The van der Waals surface area contributed by atoms with Gasteiger partial charge in [0.2, 0.25) is 5.91 Å². The maximum absolute atomic E-state index is 12.4. The molecule has 24 heavy (non-hydrogen) atoms. The number of rotatable bonds is 3. The third-order valence-corrected chi connectivity index (χ3v) is 4.86. The molecular weight excluding hydrogens is 310 g/mol. The van der Waals surface area contributed by atoms with E-state index in [0.717, 1.165) is 17.7 Å². The van der Waals surface area contributed by atoms with Crippen LogP contribution in [-0.4, -0.2) is 54.1 Å². The number of amides is 3. The lowest BCUT2D eigenvalue weighted by molar-refractivity contribution is -0.147. The number of nitrogens with one attached hydrogen (secondary N) is 1. The van der Waals surface area contributed by atoms with Gasteiger partial charge in [0.25, 0.3) is 0 Å². The first-order valence-electron chi connectivity index (χ1n) is 8.05. The molecule has 7 heteroatoms. The number of carbonyl (C=O) groups excluding carboxylic acids is 2. The lowest BCUT2D eigenvalue weighted by Crippen LogP contribution is -2.45. The Bertz CT molecular complexity index is 690. The molecule has 0 aromatic heterocycles. The molecule has 1 aromatic carbocycles. The fourth-order valence-electron chi connectivity index (χ4n) is 3.26. The second-order valence-corrected chi connectivity index (χ2v) is 6.62. The number of para-hydroxylation sites is 1. The molecule has 2 aliphatic heterocycles. The van der Waals surface area contributed by atoms with Crippen molar-refractivity contribution in [3.8, 4) is 0 Å². The van der Waals surface area contributed by atoms with Crippen LogP contribution in [0, 0.1) is 5.41 Å². The Kier molecular flexibility index (Phi) is 4.17. The molecular formula is C17H21N3O4. The molecule has 1 fully saturated rings. The van der Waals surface area contributed by atoms with Crippen molar-refractivity contribution in [2.75, 3.05) is 31.1 Å². The number of aliphatic carboxylic acids is 1. The summed E-state index contributed by atoms with van der Waals surface area (Å²) >= 11 is 0. The zero-order chi connectivity index (χ0) is 17.3. The SMILES string of the molecule is CC1(C(=O)O)CCN(C(=O)NCC(=O)N2CCc3ccccc32)C1. The second-order valence-electron chi connectivity index (χ2n) is 6.62. The average Bonchev–Trinajstić information content (AvgIpc) is 3.17. The standard InChI is InChI=1S/C17H21N3O4/c1-17(15(22)23)7-9-19(11-17)16(24)18-10-14(21)20-8-6-12-4-2-3-5-13(12)20/h2-5H,6-11H2,1H3,(H,18,24)(H,22,23). The molecule has 1 unspecified atom stereocenters. The number of fused-ring (bicyclic) bond motifs is 1. The Labute approximate surface area is 140 Å². The van der Waals surface area contributed by atoms with Gasteiger partial charge in [-0.25, -0.2) is 4.79 Å². The largest absolute Gasteiger partial charge is 0.481 e. The molecule has 1 atom stereocenters. The Morgan fingerprint density at radius 1 is 1.25 bits per heavy atom. The lowest BCUT2D eigenvalue weighted by Gasteiger charge is -2.22. The quantitative estimate of drug-likeness (QED) is 0.867. The van der Waals surface area contributed by atoms with Crippen molar-refractivity contribution in [2.24, 2.45) is 5.41 Å². The summed E-state index contributed by atoms with van der Waals surface area (Å²) in [5, 5.41) is 11.8. The minimum atomic E-state index is -0.907. The second kappa shape index (κ2) is 6.14. The van der Waals surface area contributed by atoms with Gasteiger partial charge in [-0.2, -0.15) is 0 Å². The zero-order valence-electron chi connectivity index (χ0n) is 13.6. The van der Waals surface area contributed by atoms with E-state index in [1.54, 1.807) is 11.8 Å². The molecule has 2 N–H and O–H groups in total. The number of benzene rings is 1. The molecule has 1 saturated heterocycles. The van der Waals surface area contributed by atoms with Gasteiger partial charge >= 0.3 is 12.0 Å². The van der Waals surface area contributed by atoms with Gasteiger partial charge in [0, 0.05) is 25.3 Å². The van der Waals surface area contributed by atoms with Gasteiger partial charge in [-0.05, 0) is 31.4 Å². The number of urea groups is 1. The number of anilines is 1. The Morgan fingerprint density at radius 2 is 2.00 bits per heavy atom. The minimum Gasteiger partial charge on any atom is -0.481 e. The van der Waals surface area contributed by atoms with Crippen molar-refractivity contribution in [3.05, 3.63) is 29.8 Å². The number of hydrogen-bond acceptors (Lipinski definition) is 3. The van der Waals surface area contributed by atoms with Crippen molar-refractivity contribution in [3.63, 3.8) is 0 Å². The highest BCUT2D eigenvalue weighted by Gasteiger charge is 2.42. The predicted molar refractivity (Wildman–Crippen MR) is 87.8 cm³/mol. The highest BCUT2D eigenvalue weighted by Crippen LogP contribution is 2.30. The van der Waals surface area contributed by atoms with Gasteiger partial charge in [-0.1, -0.05) is 18.2 Å². The van der Waals surface area contributed by atoms with E-state index in [-0.39, 0.29) is 25.0 Å². The van der Waals surface area contributed by atoms with Gasteiger partial charge in [-0.15, -0.1) is 0 Å². The first-order chi connectivity index (χ1) is 11.4. The smallest absolute Gasteiger partial charge is 0.317 e. The number of nitrogens with zero attached hydrogens (tertiary/aromatic N) is 2. The summed E-state index contributed by atoms with van der Waals surface area (Å²) in [5.41, 5.74) is 1.13. The summed E-state index contributed by atoms with van der Waals surface area (Å²) in [6, 6.07) is 7.35. The number of carbonyl (C=O) groups is 3. The summed E-state index contributed by atoms with van der Waals surface area (Å²) in [6.45, 7) is 2.71. The Morgan fingerprint density at radius 3 is 2.71 bits per heavy atom. The van der Waals surface area contributed by atoms with E-state index >= 15 is 0 Å². The maximum Gasteiger partial charge on any atom is 0.317 e. The van der Waals surface area contributed by atoms with Crippen LogP contribution in [0.4, 0.5) is 10.5 Å². The maximum atomic E-state index is 12.4. The molecule has 7 nitrogen and oxygen atoms in total. The molecule has 0 saturated carbocycles. The van der Waals surface area contributed by atoms with Crippen molar-refractivity contribution in [2.45, 2.75) is 19.8 Å². The molecule has 2 heterocycles. The Hall–Kier alpha value is -2.57. The van der Waals surface area contributed by atoms with E-state index < -0.39 is 11.4 Å². The van der Waals surface area contributed by atoms with Gasteiger partial charge < -0.3 is 20.2 Å². The fraction of sp³-hybridized carbons (Fsp3) is 0.471. The molecule has 3 amide bonds. The first kappa shape index (κ1) is 16.3.